The Bertz CT molecular complexity index is 915. The van der Waals surface area contributed by atoms with Crippen LogP contribution in [0.2, 0.25) is 0 Å². The SMILES string of the molecule is Cc1nc(COC(=O)c2cccc(S(=O)(=O)N3C[C@@H](C)O[C@@H](C)C3)c2)cs1. The first kappa shape index (κ1) is 19.9. The number of nitrogens with zero attached hydrogens (tertiary/aromatic N) is 2. The Morgan fingerprint density at radius 2 is 2.04 bits per heavy atom. The van der Waals surface area contributed by atoms with Crippen molar-refractivity contribution in [3.05, 3.63) is 45.9 Å². The van der Waals surface area contributed by atoms with Crippen LogP contribution in [0, 0.1) is 6.92 Å². The predicted molar refractivity (Wildman–Crippen MR) is 101 cm³/mol. The highest BCUT2D eigenvalue weighted by atomic mass is 32.2. The van der Waals surface area contributed by atoms with E-state index >= 15 is 0 Å². The van der Waals surface area contributed by atoms with Gasteiger partial charge in [-0.3, -0.25) is 0 Å². The number of benzene rings is 1. The van der Waals surface area contributed by atoms with E-state index < -0.39 is 16.0 Å². The average Bonchev–Trinajstić information content (AvgIpc) is 3.04. The molecule has 1 aromatic carbocycles. The van der Waals surface area contributed by atoms with Gasteiger partial charge in [0, 0.05) is 18.5 Å². The smallest absolute Gasteiger partial charge is 0.338 e. The molecule has 1 fully saturated rings. The first-order valence-corrected chi connectivity index (χ1v) is 10.9. The third-order valence-corrected chi connectivity index (χ3v) is 6.76. The van der Waals surface area contributed by atoms with Crippen LogP contribution >= 0.6 is 11.3 Å². The molecule has 1 aliphatic heterocycles. The molecule has 0 unspecified atom stereocenters. The standard InChI is InChI=1S/C18H22N2O5S2/c1-12-8-20(9-13(2)25-12)27(22,23)17-6-4-5-15(7-17)18(21)24-10-16-11-26-14(3)19-16/h4-7,11-13H,8-10H2,1-3H3/t12-,13+. The molecule has 27 heavy (non-hydrogen) atoms. The Morgan fingerprint density at radius 3 is 2.67 bits per heavy atom. The lowest BCUT2D eigenvalue weighted by Gasteiger charge is -2.34. The molecule has 2 heterocycles. The van der Waals surface area contributed by atoms with E-state index in [1.54, 1.807) is 6.07 Å². The molecule has 2 aromatic rings. The largest absolute Gasteiger partial charge is 0.456 e. The number of sulfonamides is 1. The number of carbonyl (C=O) groups excluding carboxylic acids is 1. The number of aromatic nitrogens is 1. The van der Waals surface area contributed by atoms with Gasteiger partial charge in [-0.1, -0.05) is 6.07 Å². The lowest BCUT2D eigenvalue weighted by Crippen LogP contribution is -2.48. The number of aryl methyl sites for hydroxylation is 1. The quantitative estimate of drug-likeness (QED) is 0.705. The molecule has 0 amide bonds. The Hall–Kier alpha value is -1.81. The lowest BCUT2D eigenvalue weighted by molar-refractivity contribution is -0.0440. The molecule has 0 N–H and O–H groups in total. The molecule has 2 atom stereocenters. The van der Waals surface area contributed by atoms with Crippen molar-refractivity contribution >= 4 is 27.3 Å². The Balaban J connectivity index is 1.75. The van der Waals surface area contributed by atoms with E-state index in [2.05, 4.69) is 4.98 Å². The molecule has 1 aromatic heterocycles. The van der Waals surface area contributed by atoms with Crippen LogP contribution in [0.25, 0.3) is 0 Å². The van der Waals surface area contributed by atoms with Crippen LogP contribution in [-0.4, -0.2) is 49.0 Å². The van der Waals surface area contributed by atoms with Crippen molar-refractivity contribution in [3.8, 4) is 0 Å². The van der Waals surface area contributed by atoms with Crippen LogP contribution in [0.5, 0.6) is 0 Å². The summed E-state index contributed by atoms with van der Waals surface area (Å²) in [6, 6.07) is 5.93. The van der Waals surface area contributed by atoms with Gasteiger partial charge in [0.2, 0.25) is 10.0 Å². The van der Waals surface area contributed by atoms with Crippen molar-refractivity contribution in [2.24, 2.45) is 0 Å². The Kier molecular flexibility index (Phi) is 5.95. The second kappa shape index (κ2) is 8.05. The highest BCUT2D eigenvalue weighted by Gasteiger charge is 2.32. The summed E-state index contributed by atoms with van der Waals surface area (Å²) in [4.78, 5) is 16.6. The monoisotopic (exact) mass is 410 g/mol. The van der Waals surface area contributed by atoms with Crippen molar-refractivity contribution in [2.75, 3.05) is 13.1 Å². The molecular formula is C18H22N2O5S2. The maximum Gasteiger partial charge on any atom is 0.338 e. The second-order valence-corrected chi connectivity index (χ2v) is 9.54. The number of thiazole rings is 1. The van der Waals surface area contributed by atoms with Crippen molar-refractivity contribution in [1.29, 1.82) is 0 Å². The maximum absolute atomic E-state index is 12.9. The van der Waals surface area contributed by atoms with Crippen molar-refractivity contribution in [2.45, 2.75) is 44.5 Å². The second-order valence-electron chi connectivity index (χ2n) is 6.54. The van der Waals surface area contributed by atoms with Gasteiger partial charge in [0.15, 0.2) is 0 Å². The number of esters is 1. The van der Waals surface area contributed by atoms with E-state index in [0.717, 1.165) is 5.01 Å². The summed E-state index contributed by atoms with van der Waals surface area (Å²) < 4.78 is 38.1. The first-order chi connectivity index (χ1) is 12.8. The number of hydrogen-bond donors (Lipinski definition) is 0. The first-order valence-electron chi connectivity index (χ1n) is 8.59. The molecule has 146 valence electrons. The van der Waals surface area contributed by atoms with Crippen LogP contribution in [0.4, 0.5) is 0 Å². The van der Waals surface area contributed by atoms with Gasteiger partial charge in [0.25, 0.3) is 0 Å². The summed E-state index contributed by atoms with van der Waals surface area (Å²) in [7, 11) is -3.71. The van der Waals surface area contributed by atoms with E-state index in [1.807, 2.05) is 26.2 Å². The lowest BCUT2D eigenvalue weighted by atomic mass is 10.2. The zero-order valence-corrected chi connectivity index (χ0v) is 17.0. The third kappa shape index (κ3) is 4.73. The molecule has 0 spiro atoms. The zero-order valence-electron chi connectivity index (χ0n) is 15.4. The molecule has 7 nitrogen and oxygen atoms in total. The number of morpholine rings is 1. The van der Waals surface area contributed by atoms with E-state index in [1.165, 1.54) is 33.8 Å². The van der Waals surface area contributed by atoms with Crippen LogP contribution in [0.3, 0.4) is 0 Å². The van der Waals surface area contributed by atoms with Gasteiger partial charge in [-0.15, -0.1) is 11.3 Å². The van der Waals surface area contributed by atoms with E-state index in [4.69, 9.17) is 9.47 Å². The van der Waals surface area contributed by atoms with Crippen LogP contribution in [0.1, 0.15) is 34.9 Å². The summed E-state index contributed by atoms with van der Waals surface area (Å²) in [5, 5.41) is 2.72. The number of rotatable bonds is 5. The molecule has 0 aliphatic carbocycles. The molecular weight excluding hydrogens is 388 g/mol. The summed E-state index contributed by atoms with van der Waals surface area (Å²) in [5.41, 5.74) is 0.864. The summed E-state index contributed by atoms with van der Waals surface area (Å²) >= 11 is 1.48. The third-order valence-electron chi connectivity index (χ3n) is 4.11. The Morgan fingerprint density at radius 1 is 1.33 bits per heavy atom. The van der Waals surface area contributed by atoms with E-state index in [-0.39, 0.29) is 42.4 Å². The van der Waals surface area contributed by atoms with Crippen LogP contribution in [0.15, 0.2) is 34.5 Å². The van der Waals surface area contributed by atoms with Crippen LogP contribution < -0.4 is 0 Å². The fourth-order valence-corrected chi connectivity index (χ4v) is 5.19. The van der Waals surface area contributed by atoms with Gasteiger partial charge in [-0.25, -0.2) is 18.2 Å². The van der Waals surface area contributed by atoms with Crippen molar-refractivity contribution in [3.63, 3.8) is 0 Å². The van der Waals surface area contributed by atoms with Crippen molar-refractivity contribution in [1.82, 2.24) is 9.29 Å². The van der Waals surface area contributed by atoms with Gasteiger partial charge in [-0.2, -0.15) is 4.31 Å². The van der Waals surface area contributed by atoms with Crippen LogP contribution in [-0.2, 0) is 26.1 Å². The summed E-state index contributed by atoms with van der Waals surface area (Å²) in [6.45, 7) is 6.17. The summed E-state index contributed by atoms with van der Waals surface area (Å²) in [6.07, 6.45) is -0.364. The van der Waals surface area contributed by atoms with Gasteiger partial charge >= 0.3 is 5.97 Å². The van der Waals surface area contributed by atoms with Gasteiger partial charge in [-0.05, 0) is 39.0 Å². The number of ether oxygens (including phenoxy) is 2. The Labute approximate surface area is 163 Å². The molecule has 9 heteroatoms. The molecule has 3 rings (SSSR count). The van der Waals surface area contributed by atoms with E-state index in [9.17, 15) is 13.2 Å². The topological polar surface area (TPSA) is 85.8 Å². The zero-order chi connectivity index (χ0) is 19.6. The molecule has 0 bridgehead atoms. The minimum Gasteiger partial charge on any atom is -0.456 e. The maximum atomic E-state index is 12.9. The number of carbonyl (C=O) groups is 1. The molecule has 0 radical (unpaired) electrons. The predicted octanol–water partition coefficient (Wildman–Crippen LogP) is 2.61. The minimum atomic E-state index is -3.71. The molecule has 1 aliphatic rings. The normalized spacial score (nSPS) is 21.1. The minimum absolute atomic E-state index is 0.0542. The number of hydrogen-bond acceptors (Lipinski definition) is 7. The summed E-state index contributed by atoms with van der Waals surface area (Å²) in [5.74, 6) is -0.582. The molecule has 1 saturated heterocycles. The van der Waals surface area contributed by atoms with Gasteiger partial charge < -0.3 is 9.47 Å². The highest BCUT2D eigenvalue weighted by molar-refractivity contribution is 7.89. The van der Waals surface area contributed by atoms with Gasteiger partial charge in [0.1, 0.15) is 6.61 Å². The van der Waals surface area contributed by atoms with E-state index in [0.29, 0.717) is 5.69 Å². The highest BCUT2D eigenvalue weighted by Crippen LogP contribution is 2.22. The van der Waals surface area contributed by atoms with Crippen molar-refractivity contribution < 1.29 is 22.7 Å². The molecule has 0 saturated carbocycles. The van der Waals surface area contributed by atoms with Gasteiger partial charge in [0.05, 0.1) is 33.4 Å². The fourth-order valence-electron chi connectivity index (χ4n) is 2.96. The average molecular weight is 411 g/mol. The fraction of sp³-hybridized carbons (Fsp3) is 0.444.